The molecule has 17 heavy (non-hydrogen) atoms. The van der Waals surface area contributed by atoms with Crippen molar-refractivity contribution in [2.75, 3.05) is 5.73 Å². The largest absolute Gasteiger partial charge is 0.399 e. The Morgan fingerprint density at radius 2 is 1.88 bits per heavy atom. The molecule has 3 heteroatoms. The van der Waals surface area contributed by atoms with Crippen LogP contribution in [0.1, 0.15) is 0 Å². The lowest BCUT2D eigenvalue weighted by Crippen LogP contribution is -1.84. The van der Waals surface area contributed by atoms with Gasteiger partial charge in [0.2, 0.25) is 0 Å². The maximum absolute atomic E-state index is 5.83. The molecule has 0 aliphatic carbocycles. The Morgan fingerprint density at radius 3 is 2.71 bits per heavy atom. The lowest BCUT2D eigenvalue weighted by Gasteiger charge is -2.01. The quantitative estimate of drug-likeness (QED) is 0.635. The average Bonchev–Trinajstić information content (AvgIpc) is 2.74. The van der Waals surface area contributed by atoms with Gasteiger partial charge in [0.15, 0.2) is 0 Å². The van der Waals surface area contributed by atoms with Crippen LogP contribution in [0.15, 0.2) is 52.3 Å². The summed E-state index contributed by atoms with van der Waals surface area (Å²) in [6.45, 7) is 0. The van der Waals surface area contributed by atoms with Crippen LogP contribution in [0.2, 0.25) is 0 Å². The van der Waals surface area contributed by atoms with Crippen LogP contribution in [0, 0.1) is 0 Å². The molecule has 0 fully saturated rings. The van der Waals surface area contributed by atoms with Gasteiger partial charge in [0.1, 0.15) is 0 Å². The van der Waals surface area contributed by atoms with Crippen LogP contribution in [0.4, 0.5) is 5.69 Å². The highest BCUT2D eigenvalue weighted by Crippen LogP contribution is 2.37. The van der Waals surface area contributed by atoms with E-state index in [9.17, 15) is 0 Å². The molecule has 3 aromatic rings. The summed E-state index contributed by atoms with van der Waals surface area (Å²) >= 11 is 5.34. The van der Waals surface area contributed by atoms with Crippen LogP contribution in [0.3, 0.4) is 0 Å². The van der Waals surface area contributed by atoms with Crippen molar-refractivity contribution in [2.45, 2.75) is 0 Å². The monoisotopic (exact) mass is 303 g/mol. The summed E-state index contributed by atoms with van der Waals surface area (Å²) in [7, 11) is 0. The van der Waals surface area contributed by atoms with Gasteiger partial charge in [-0.3, -0.25) is 0 Å². The molecule has 0 radical (unpaired) electrons. The molecule has 0 bridgehead atoms. The fraction of sp³-hybridized carbons (Fsp3) is 0. The summed E-state index contributed by atoms with van der Waals surface area (Å²) in [4.78, 5) is 0. The van der Waals surface area contributed by atoms with E-state index in [1.165, 1.54) is 21.2 Å². The second-order valence-corrected chi connectivity index (χ2v) is 5.63. The first-order valence-corrected chi connectivity index (χ1v) is 6.94. The van der Waals surface area contributed by atoms with E-state index < -0.39 is 0 Å². The van der Waals surface area contributed by atoms with E-state index in [1.54, 1.807) is 11.3 Å². The number of nitrogens with two attached hydrogens (primary N) is 1. The molecule has 0 saturated carbocycles. The molecule has 2 aromatic carbocycles. The molecule has 0 unspecified atom stereocenters. The number of thiophene rings is 1. The number of anilines is 1. The first kappa shape index (κ1) is 10.8. The first-order valence-electron chi connectivity index (χ1n) is 5.27. The molecule has 0 saturated heterocycles. The number of halogens is 1. The Hall–Kier alpha value is -1.32. The van der Waals surface area contributed by atoms with E-state index in [1.807, 2.05) is 18.2 Å². The highest BCUT2D eigenvalue weighted by molar-refractivity contribution is 9.10. The highest BCUT2D eigenvalue weighted by atomic mass is 79.9. The summed E-state index contributed by atoms with van der Waals surface area (Å²) < 4.78 is 2.43. The van der Waals surface area contributed by atoms with Gasteiger partial charge in [-0.25, -0.2) is 0 Å². The molecule has 0 amide bonds. The zero-order chi connectivity index (χ0) is 11.8. The van der Waals surface area contributed by atoms with Crippen molar-refractivity contribution in [3.8, 4) is 11.1 Å². The number of hydrogen-bond acceptors (Lipinski definition) is 2. The van der Waals surface area contributed by atoms with Gasteiger partial charge in [0.25, 0.3) is 0 Å². The van der Waals surface area contributed by atoms with Gasteiger partial charge in [0.05, 0.1) is 0 Å². The Morgan fingerprint density at radius 1 is 1.06 bits per heavy atom. The van der Waals surface area contributed by atoms with Crippen LogP contribution in [-0.2, 0) is 0 Å². The van der Waals surface area contributed by atoms with Crippen molar-refractivity contribution in [1.82, 2.24) is 0 Å². The standard InChI is InChI=1S/C14H10BrNS/c15-13-6-2-5-11-12(8-17-14(11)13)9-3-1-4-10(16)7-9/h1-8H,16H2. The van der Waals surface area contributed by atoms with Crippen LogP contribution >= 0.6 is 27.3 Å². The van der Waals surface area contributed by atoms with Gasteiger partial charge in [-0.15, -0.1) is 11.3 Å². The predicted octanol–water partition coefficient (Wildman–Crippen LogP) is 4.91. The third kappa shape index (κ3) is 1.85. The Labute approximate surface area is 112 Å². The molecular formula is C14H10BrNS. The van der Waals surface area contributed by atoms with Crippen LogP contribution in [0.5, 0.6) is 0 Å². The van der Waals surface area contributed by atoms with Gasteiger partial charge >= 0.3 is 0 Å². The van der Waals surface area contributed by atoms with Crippen molar-refractivity contribution in [2.24, 2.45) is 0 Å². The van der Waals surface area contributed by atoms with Gasteiger partial charge in [-0.1, -0.05) is 24.3 Å². The van der Waals surface area contributed by atoms with Gasteiger partial charge in [-0.05, 0) is 45.1 Å². The van der Waals surface area contributed by atoms with E-state index in [4.69, 9.17) is 5.73 Å². The van der Waals surface area contributed by atoms with Gasteiger partial charge < -0.3 is 5.73 Å². The number of nitrogen functional groups attached to an aromatic ring is 1. The lowest BCUT2D eigenvalue weighted by molar-refractivity contribution is 1.67. The normalized spacial score (nSPS) is 10.9. The maximum atomic E-state index is 5.83. The molecule has 1 aromatic heterocycles. The van der Waals surface area contributed by atoms with Crippen molar-refractivity contribution < 1.29 is 0 Å². The molecule has 0 spiro atoms. The minimum absolute atomic E-state index is 0.803. The SMILES string of the molecule is Nc1cccc(-c2csc3c(Br)cccc23)c1. The molecule has 2 N–H and O–H groups in total. The summed E-state index contributed by atoms with van der Waals surface area (Å²) in [5.74, 6) is 0. The Balaban J connectivity index is 2.28. The third-order valence-electron chi connectivity index (χ3n) is 2.75. The van der Waals surface area contributed by atoms with Crippen LogP contribution in [0.25, 0.3) is 21.2 Å². The lowest BCUT2D eigenvalue weighted by atomic mass is 10.0. The van der Waals surface area contributed by atoms with Gasteiger partial charge in [-0.2, -0.15) is 0 Å². The molecule has 3 rings (SSSR count). The summed E-state index contributed by atoms with van der Waals surface area (Å²) in [6.07, 6.45) is 0. The van der Waals surface area contributed by atoms with Crippen molar-refractivity contribution in [1.29, 1.82) is 0 Å². The molecule has 0 atom stereocenters. The zero-order valence-electron chi connectivity index (χ0n) is 8.98. The fourth-order valence-electron chi connectivity index (χ4n) is 1.95. The van der Waals surface area contributed by atoms with Crippen molar-refractivity contribution >= 4 is 43.0 Å². The molecule has 1 nitrogen and oxygen atoms in total. The number of rotatable bonds is 1. The average molecular weight is 304 g/mol. The topological polar surface area (TPSA) is 26.0 Å². The minimum Gasteiger partial charge on any atom is -0.399 e. The van der Waals surface area contributed by atoms with Crippen molar-refractivity contribution in [3.05, 3.63) is 52.3 Å². The minimum atomic E-state index is 0.803. The van der Waals surface area contributed by atoms with Crippen molar-refractivity contribution in [3.63, 3.8) is 0 Å². The summed E-state index contributed by atoms with van der Waals surface area (Å²) in [5, 5.41) is 3.46. The highest BCUT2D eigenvalue weighted by Gasteiger charge is 2.08. The van der Waals surface area contributed by atoms with E-state index in [2.05, 4.69) is 45.6 Å². The Kier molecular flexibility index (Phi) is 2.65. The molecule has 0 aliphatic heterocycles. The second-order valence-electron chi connectivity index (χ2n) is 3.89. The van der Waals surface area contributed by atoms with E-state index in [0.29, 0.717) is 0 Å². The molecule has 1 heterocycles. The van der Waals surface area contributed by atoms with Crippen LogP contribution in [-0.4, -0.2) is 0 Å². The maximum Gasteiger partial charge on any atom is 0.0491 e. The summed E-state index contributed by atoms with van der Waals surface area (Å²) in [5.41, 5.74) is 9.06. The van der Waals surface area contributed by atoms with Gasteiger partial charge in [0, 0.05) is 25.8 Å². The first-order chi connectivity index (χ1) is 8.25. The Bertz CT molecular complexity index is 688. The predicted molar refractivity (Wildman–Crippen MR) is 79.4 cm³/mol. The second kappa shape index (κ2) is 4.17. The molecule has 0 aliphatic rings. The molecular weight excluding hydrogens is 294 g/mol. The molecule has 84 valence electrons. The number of benzene rings is 2. The van der Waals surface area contributed by atoms with Crippen LogP contribution < -0.4 is 5.73 Å². The number of hydrogen-bond donors (Lipinski definition) is 1. The third-order valence-corrected chi connectivity index (χ3v) is 4.70. The zero-order valence-corrected chi connectivity index (χ0v) is 11.4. The van der Waals surface area contributed by atoms with E-state index in [0.717, 1.165) is 10.2 Å². The summed E-state index contributed by atoms with van der Waals surface area (Å²) in [6, 6.07) is 14.3. The smallest absolute Gasteiger partial charge is 0.0491 e. The van der Waals surface area contributed by atoms with E-state index >= 15 is 0 Å². The number of fused-ring (bicyclic) bond motifs is 1. The van der Waals surface area contributed by atoms with E-state index in [-0.39, 0.29) is 0 Å². The fourth-order valence-corrected chi connectivity index (χ4v) is 3.58.